The summed E-state index contributed by atoms with van der Waals surface area (Å²) in [6.45, 7) is 3.57. The first-order valence-electron chi connectivity index (χ1n) is 7.95. The summed E-state index contributed by atoms with van der Waals surface area (Å²) in [6.07, 6.45) is 2.74. The van der Waals surface area contributed by atoms with Gasteiger partial charge in [0.05, 0.1) is 5.75 Å². The first-order valence-corrected chi connectivity index (χ1v) is 10.4. The van der Waals surface area contributed by atoms with Gasteiger partial charge in [0.15, 0.2) is 0 Å². The van der Waals surface area contributed by atoms with Crippen LogP contribution in [0.1, 0.15) is 24.8 Å². The molecule has 1 unspecified atom stereocenters. The van der Waals surface area contributed by atoms with Crippen LogP contribution in [0.25, 0.3) is 0 Å². The number of hydrogen-bond acceptors (Lipinski definition) is 4. The first kappa shape index (κ1) is 16.7. The highest BCUT2D eigenvalue weighted by Crippen LogP contribution is 2.27. The topological polar surface area (TPSA) is 57.7 Å². The van der Waals surface area contributed by atoms with E-state index >= 15 is 0 Å². The second-order valence-electron chi connectivity index (χ2n) is 6.43. The van der Waals surface area contributed by atoms with Crippen LogP contribution in [0.15, 0.2) is 24.3 Å². The SMILES string of the molecule is O=C1CC(CS(=O)(=O)Cl)CN1c1cccc(CN2CCCC2)c1. The molecule has 2 aliphatic rings. The molecule has 2 fully saturated rings. The summed E-state index contributed by atoms with van der Waals surface area (Å²) in [4.78, 5) is 16.3. The summed E-state index contributed by atoms with van der Waals surface area (Å²) in [6, 6.07) is 7.97. The molecule has 2 aliphatic heterocycles. The molecule has 1 amide bonds. The number of carbonyl (C=O) groups is 1. The molecule has 126 valence electrons. The van der Waals surface area contributed by atoms with Crippen LogP contribution in [0.2, 0.25) is 0 Å². The predicted molar refractivity (Wildman–Crippen MR) is 91.1 cm³/mol. The van der Waals surface area contributed by atoms with Gasteiger partial charge in [0, 0.05) is 41.8 Å². The molecule has 0 radical (unpaired) electrons. The maximum atomic E-state index is 12.2. The molecule has 0 spiro atoms. The van der Waals surface area contributed by atoms with Crippen molar-refractivity contribution >= 4 is 31.3 Å². The summed E-state index contributed by atoms with van der Waals surface area (Å²) in [5.74, 6) is -0.412. The quantitative estimate of drug-likeness (QED) is 0.759. The van der Waals surface area contributed by atoms with Crippen molar-refractivity contribution < 1.29 is 13.2 Å². The Bertz CT molecular complexity index is 686. The van der Waals surface area contributed by atoms with Crippen LogP contribution in [-0.2, 0) is 20.4 Å². The van der Waals surface area contributed by atoms with E-state index in [2.05, 4.69) is 11.0 Å². The summed E-state index contributed by atoms with van der Waals surface area (Å²) >= 11 is 0. The lowest BCUT2D eigenvalue weighted by molar-refractivity contribution is -0.117. The molecule has 23 heavy (non-hydrogen) atoms. The van der Waals surface area contributed by atoms with E-state index in [1.165, 1.54) is 18.4 Å². The smallest absolute Gasteiger partial charge is 0.232 e. The van der Waals surface area contributed by atoms with Gasteiger partial charge in [-0.2, -0.15) is 0 Å². The van der Waals surface area contributed by atoms with E-state index in [0.29, 0.717) is 6.54 Å². The van der Waals surface area contributed by atoms with Crippen LogP contribution in [0, 0.1) is 5.92 Å². The van der Waals surface area contributed by atoms with Crippen molar-refractivity contribution in [2.75, 3.05) is 30.3 Å². The third-order valence-corrected chi connectivity index (χ3v) is 5.71. The van der Waals surface area contributed by atoms with Crippen molar-refractivity contribution in [2.24, 2.45) is 5.92 Å². The average Bonchev–Trinajstić information content (AvgIpc) is 3.07. The third-order valence-electron chi connectivity index (χ3n) is 4.47. The number of hydrogen-bond donors (Lipinski definition) is 0. The summed E-state index contributed by atoms with van der Waals surface area (Å²) < 4.78 is 22.4. The van der Waals surface area contributed by atoms with Crippen LogP contribution in [0.5, 0.6) is 0 Å². The molecule has 1 atom stereocenters. The Morgan fingerprint density at radius 3 is 2.65 bits per heavy atom. The van der Waals surface area contributed by atoms with Gasteiger partial charge in [-0.1, -0.05) is 12.1 Å². The van der Waals surface area contributed by atoms with Crippen molar-refractivity contribution in [3.05, 3.63) is 29.8 Å². The number of likely N-dealkylation sites (tertiary alicyclic amines) is 1. The molecule has 0 aromatic heterocycles. The number of carbonyl (C=O) groups excluding carboxylic acids is 1. The molecular formula is C16H21ClN2O3S. The van der Waals surface area contributed by atoms with Gasteiger partial charge in [0.2, 0.25) is 15.0 Å². The summed E-state index contributed by atoms with van der Waals surface area (Å²) in [5, 5.41) is 0. The number of rotatable bonds is 5. The number of halogens is 1. The molecule has 1 aromatic carbocycles. The van der Waals surface area contributed by atoms with E-state index in [9.17, 15) is 13.2 Å². The predicted octanol–water partition coefficient (Wildman–Crippen LogP) is 2.20. The Hall–Kier alpha value is -1.11. The maximum absolute atomic E-state index is 12.2. The lowest BCUT2D eigenvalue weighted by Crippen LogP contribution is -2.25. The van der Waals surface area contributed by atoms with Gasteiger partial charge in [-0.05, 0) is 43.6 Å². The molecule has 0 N–H and O–H groups in total. The Morgan fingerprint density at radius 2 is 1.96 bits per heavy atom. The van der Waals surface area contributed by atoms with Gasteiger partial charge < -0.3 is 4.90 Å². The normalized spacial score (nSPS) is 22.9. The highest BCUT2D eigenvalue weighted by atomic mass is 35.7. The zero-order valence-electron chi connectivity index (χ0n) is 12.9. The molecule has 7 heteroatoms. The van der Waals surface area contributed by atoms with E-state index in [0.717, 1.165) is 25.3 Å². The Labute approximate surface area is 141 Å². The fraction of sp³-hybridized carbons (Fsp3) is 0.562. The zero-order valence-corrected chi connectivity index (χ0v) is 14.5. The molecular weight excluding hydrogens is 336 g/mol. The average molecular weight is 357 g/mol. The third kappa shape index (κ3) is 4.46. The molecule has 2 heterocycles. The van der Waals surface area contributed by atoms with Gasteiger partial charge >= 0.3 is 0 Å². The minimum atomic E-state index is -3.57. The van der Waals surface area contributed by atoms with Crippen molar-refractivity contribution in [2.45, 2.75) is 25.8 Å². The largest absolute Gasteiger partial charge is 0.312 e. The van der Waals surface area contributed by atoms with Gasteiger partial charge in [-0.25, -0.2) is 8.42 Å². The summed E-state index contributed by atoms with van der Waals surface area (Å²) in [7, 11) is 1.74. The van der Waals surface area contributed by atoms with Crippen LogP contribution >= 0.6 is 10.7 Å². The van der Waals surface area contributed by atoms with Crippen LogP contribution in [0.4, 0.5) is 5.69 Å². The second-order valence-corrected chi connectivity index (χ2v) is 9.25. The zero-order chi connectivity index (χ0) is 16.4. The van der Waals surface area contributed by atoms with Gasteiger partial charge in [-0.3, -0.25) is 9.69 Å². The highest BCUT2D eigenvalue weighted by Gasteiger charge is 2.33. The Kier molecular flexibility index (Phi) is 4.94. The van der Waals surface area contributed by atoms with Crippen molar-refractivity contribution in [1.82, 2.24) is 4.90 Å². The van der Waals surface area contributed by atoms with Crippen molar-refractivity contribution in [3.8, 4) is 0 Å². The minimum absolute atomic E-state index is 0.0337. The molecule has 3 rings (SSSR count). The van der Waals surface area contributed by atoms with Gasteiger partial charge in [0.1, 0.15) is 0 Å². The van der Waals surface area contributed by atoms with Crippen LogP contribution in [-0.4, -0.2) is 44.6 Å². The lowest BCUT2D eigenvalue weighted by atomic mass is 10.1. The van der Waals surface area contributed by atoms with E-state index in [4.69, 9.17) is 10.7 Å². The molecule has 0 bridgehead atoms. The molecule has 0 aliphatic carbocycles. The lowest BCUT2D eigenvalue weighted by Gasteiger charge is -2.19. The van der Waals surface area contributed by atoms with Crippen molar-refractivity contribution in [1.29, 1.82) is 0 Å². The maximum Gasteiger partial charge on any atom is 0.232 e. The molecule has 0 saturated carbocycles. The minimum Gasteiger partial charge on any atom is -0.312 e. The van der Waals surface area contributed by atoms with Gasteiger partial charge in [-0.15, -0.1) is 0 Å². The monoisotopic (exact) mass is 356 g/mol. The fourth-order valence-electron chi connectivity index (χ4n) is 3.45. The number of nitrogens with zero attached hydrogens (tertiary/aromatic N) is 2. The standard InChI is InChI=1S/C16H21ClN2O3S/c17-23(21,22)12-14-9-16(20)19(11-14)15-5-3-4-13(8-15)10-18-6-1-2-7-18/h3-5,8,14H,1-2,6-7,9-12H2. The Morgan fingerprint density at radius 1 is 1.22 bits per heavy atom. The molecule has 5 nitrogen and oxygen atoms in total. The summed E-state index contributed by atoms with van der Waals surface area (Å²) in [5.41, 5.74) is 2.03. The van der Waals surface area contributed by atoms with Gasteiger partial charge in [0.25, 0.3) is 0 Å². The first-order chi connectivity index (χ1) is 10.9. The second kappa shape index (κ2) is 6.79. The van der Waals surface area contributed by atoms with E-state index in [1.807, 2.05) is 18.2 Å². The van der Waals surface area contributed by atoms with E-state index in [1.54, 1.807) is 4.90 Å². The Balaban J connectivity index is 1.70. The van der Waals surface area contributed by atoms with Crippen LogP contribution < -0.4 is 4.90 Å². The highest BCUT2D eigenvalue weighted by molar-refractivity contribution is 8.13. The van der Waals surface area contributed by atoms with E-state index < -0.39 is 9.05 Å². The number of anilines is 1. The van der Waals surface area contributed by atoms with Crippen LogP contribution in [0.3, 0.4) is 0 Å². The number of benzene rings is 1. The van der Waals surface area contributed by atoms with Crippen molar-refractivity contribution in [3.63, 3.8) is 0 Å². The van der Waals surface area contributed by atoms with E-state index in [-0.39, 0.29) is 24.0 Å². The number of amides is 1. The molecule has 1 aromatic rings. The molecule has 2 saturated heterocycles. The fourth-order valence-corrected chi connectivity index (χ4v) is 4.77.